The minimum atomic E-state index is -0.423. The van der Waals surface area contributed by atoms with Gasteiger partial charge in [0.05, 0.1) is 0 Å². The number of hydrogen-bond acceptors (Lipinski definition) is 3. The second-order valence-corrected chi connectivity index (χ2v) is 7.24. The monoisotopic (exact) mass is 268 g/mol. The number of likely N-dealkylation sites (tertiary alicyclic amines) is 1. The molecule has 0 aromatic rings. The van der Waals surface area contributed by atoms with Crippen molar-refractivity contribution in [3.63, 3.8) is 0 Å². The van der Waals surface area contributed by atoms with Crippen molar-refractivity contribution in [3.05, 3.63) is 0 Å². The molecule has 0 aromatic heterocycles. The summed E-state index contributed by atoms with van der Waals surface area (Å²) in [4.78, 5) is 14.3. The van der Waals surface area contributed by atoms with E-state index < -0.39 is 5.60 Å². The van der Waals surface area contributed by atoms with E-state index in [4.69, 9.17) is 10.5 Å². The van der Waals surface area contributed by atoms with Crippen LogP contribution in [0.2, 0.25) is 0 Å². The molecule has 1 saturated heterocycles. The molecule has 1 amide bonds. The number of nitrogens with two attached hydrogens (primary N) is 1. The summed E-state index contributed by atoms with van der Waals surface area (Å²) in [6, 6.07) is 0.268. The number of ether oxygens (including phenoxy) is 1. The molecule has 1 unspecified atom stereocenters. The molecular formula is C15H28N2O2. The van der Waals surface area contributed by atoms with E-state index in [0.29, 0.717) is 0 Å². The molecule has 2 fully saturated rings. The van der Waals surface area contributed by atoms with Gasteiger partial charge in [-0.25, -0.2) is 4.79 Å². The average Bonchev–Trinajstić information content (AvgIpc) is 3.01. The highest BCUT2D eigenvalue weighted by atomic mass is 16.6. The fourth-order valence-electron chi connectivity index (χ4n) is 2.78. The van der Waals surface area contributed by atoms with E-state index in [-0.39, 0.29) is 17.7 Å². The Balaban J connectivity index is 2.01. The Morgan fingerprint density at radius 3 is 2.58 bits per heavy atom. The van der Waals surface area contributed by atoms with E-state index in [1.807, 2.05) is 25.7 Å². The van der Waals surface area contributed by atoms with E-state index in [9.17, 15) is 4.79 Å². The molecule has 4 heteroatoms. The van der Waals surface area contributed by atoms with Crippen LogP contribution >= 0.6 is 0 Å². The highest BCUT2D eigenvalue weighted by molar-refractivity contribution is 5.68. The van der Waals surface area contributed by atoms with E-state index >= 15 is 0 Å². The van der Waals surface area contributed by atoms with Crippen LogP contribution in [0.15, 0.2) is 0 Å². The molecule has 0 aromatic carbocycles. The van der Waals surface area contributed by atoms with E-state index in [2.05, 4.69) is 0 Å². The number of carbonyl (C=O) groups is 1. The summed E-state index contributed by atoms with van der Waals surface area (Å²) in [7, 11) is 0. The summed E-state index contributed by atoms with van der Waals surface area (Å²) in [5, 5.41) is 0. The topological polar surface area (TPSA) is 55.6 Å². The smallest absolute Gasteiger partial charge is 0.410 e. The zero-order valence-electron chi connectivity index (χ0n) is 12.6. The second-order valence-electron chi connectivity index (χ2n) is 7.24. The fraction of sp³-hybridized carbons (Fsp3) is 0.933. The Morgan fingerprint density at radius 1 is 1.32 bits per heavy atom. The van der Waals surface area contributed by atoms with Crippen LogP contribution in [0.4, 0.5) is 4.79 Å². The number of rotatable bonds is 2. The number of nitrogens with zero attached hydrogens (tertiary/aromatic N) is 1. The predicted molar refractivity (Wildman–Crippen MR) is 76.0 cm³/mol. The van der Waals surface area contributed by atoms with Crippen molar-refractivity contribution in [2.75, 3.05) is 6.54 Å². The minimum Gasteiger partial charge on any atom is -0.444 e. The Labute approximate surface area is 116 Å². The summed E-state index contributed by atoms with van der Waals surface area (Å²) in [6.45, 7) is 6.57. The summed E-state index contributed by atoms with van der Waals surface area (Å²) < 4.78 is 5.54. The van der Waals surface area contributed by atoms with Gasteiger partial charge in [-0.2, -0.15) is 0 Å². The van der Waals surface area contributed by atoms with Crippen LogP contribution in [0.3, 0.4) is 0 Å². The SMILES string of the molecule is CC(C)(C)OC(=O)N1CCCCCC1CC1(N)CC1. The largest absolute Gasteiger partial charge is 0.444 e. The van der Waals surface area contributed by atoms with Gasteiger partial charge in [0, 0.05) is 18.1 Å². The van der Waals surface area contributed by atoms with Gasteiger partial charge in [-0.3, -0.25) is 0 Å². The lowest BCUT2D eigenvalue weighted by Gasteiger charge is -2.33. The van der Waals surface area contributed by atoms with E-state index in [1.54, 1.807) is 0 Å². The van der Waals surface area contributed by atoms with Gasteiger partial charge in [0.25, 0.3) is 0 Å². The van der Waals surface area contributed by atoms with Crippen molar-refractivity contribution in [2.24, 2.45) is 5.73 Å². The van der Waals surface area contributed by atoms with Crippen molar-refractivity contribution < 1.29 is 9.53 Å². The molecule has 0 spiro atoms. The average molecular weight is 268 g/mol. The second kappa shape index (κ2) is 5.31. The van der Waals surface area contributed by atoms with Crippen LogP contribution < -0.4 is 5.73 Å². The highest BCUT2D eigenvalue weighted by Gasteiger charge is 2.42. The maximum Gasteiger partial charge on any atom is 0.410 e. The van der Waals surface area contributed by atoms with Crippen molar-refractivity contribution in [1.82, 2.24) is 4.90 Å². The Morgan fingerprint density at radius 2 is 2.00 bits per heavy atom. The molecular weight excluding hydrogens is 240 g/mol. The summed E-state index contributed by atoms with van der Waals surface area (Å²) in [5.74, 6) is 0. The third kappa shape index (κ3) is 4.37. The molecule has 1 aliphatic heterocycles. The third-order valence-corrected chi connectivity index (χ3v) is 4.04. The summed E-state index contributed by atoms with van der Waals surface area (Å²) in [5.41, 5.74) is 5.81. The Hall–Kier alpha value is -0.770. The van der Waals surface area contributed by atoms with E-state index in [1.165, 1.54) is 12.8 Å². The van der Waals surface area contributed by atoms with E-state index in [0.717, 1.165) is 38.6 Å². The summed E-state index contributed by atoms with van der Waals surface area (Å²) in [6.07, 6.45) is 7.52. The zero-order valence-corrected chi connectivity index (χ0v) is 12.6. The van der Waals surface area contributed by atoms with Crippen molar-refractivity contribution >= 4 is 6.09 Å². The van der Waals surface area contributed by atoms with Crippen LogP contribution in [-0.4, -0.2) is 34.7 Å². The first-order chi connectivity index (χ1) is 8.79. The number of amides is 1. The third-order valence-electron chi connectivity index (χ3n) is 4.04. The van der Waals surface area contributed by atoms with Crippen LogP contribution in [0.1, 0.15) is 65.7 Å². The molecule has 19 heavy (non-hydrogen) atoms. The lowest BCUT2D eigenvalue weighted by molar-refractivity contribution is 0.0150. The maximum atomic E-state index is 12.3. The molecule has 0 bridgehead atoms. The summed E-state index contributed by atoms with van der Waals surface area (Å²) >= 11 is 0. The van der Waals surface area contributed by atoms with Crippen molar-refractivity contribution in [2.45, 2.75) is 82.9 Å². The van der Waals surface area contributed by atoms with Gasteiger partial charge in [-0.05, 0) is 52.9 Å². The molecule has 1 aliphatic carbocycles. The molecule has 0 radical (unpaired) electrons. The van der Waals surface area contributed by atoms with Gasteiger partial charge in [-0.1, -0.05) is 12.8 Å². The van der Waals surface area contributed by atoms with Gasteiger partial charge in [0.2, 0.25) is 0 Å². The molecule has 2 N–H and O–H groups in total. The van der Waals surface area contributed by atoms with Crippen LogP contribution in [0, 0.1) is 0 Å². The lowest BCUT2D eigenvalue weighted by atomic mass is 10.0. The fourth-order valence-corrected chi connectivity index (χ4v) is 2.78. The van der Waals surface area contributed by atoms with Crippen molar-refractivity contribution in [1.29, 1.82) is 0 Å². The lowest BCUT2D eigenvalue weighted by Crippen LogP contribution is -2.46. The Kier molecular flexibility index (Phi) is 4.09. The van der Waals surface area contributed by atoms with Crippen LogP contribution in [0.5, 0.6) is 0 Å². The van der Waals surface area contributed by atoms with Crippen LogP contribution in [0.25, 0.3) is 0 Å². The molecule has 1 atom stereocenters. The zero-order chi connectivity index (χ0) is 14.1. The van der Waals surface area contributed by atoms with Crippen LogP contribution in [-0.2, 0) is 4.74 Å². The highest BCUT2D eigenvalue weighted by Crippen LogP contribution is 2.39. The first kappa shape index (κ1) is 14.6. The first-order valence-electron chi connectivity index (χ1n) is 7.58. The number of carbonyl (C=O) groups excluding carboxylic acids is 1. The molecule has 1 heterocycles. The van der Waals surface area contributed by atoms with Gasteiger partial charge >= 0.3 is 6.09 Å². The standard InChI is InChI=1S/C15H28N2O2/c1-14(2,3)19-13(18)17-10-6-4-5-7-12(17)11-15(16)8-9-15/h12H,4-11,16H2,1-3H3. The predicted octanol–water partition coefficient (Wildman–Crippen LogP) is 3.05. The first-order valence-corrected chi connectivity index (χ1v) is 7.58. The number of hydrogen-bond donors (Lipinski definition) is 1. The van der Waals surface area contributed by atoms with Gasteiger partial charge in [0.15, 0.2) is 0 Å². The quantitative estimate of drug-likeness (QED) is 0.837. The van der Waals surface area contributed by atoms with Gasteiger partial charge < -0.3 is 15.4 Å². The molecule has 2 rings (SSSR count). The van der Waals surface area contributed by atoms with Gasteiger partial charge in [0.1, 0.15) is 5.60 Å². The van der Waals surface area contributed by atoms with Gasteiger partial charge in [-0.15, -0.1) is 0 Å². The Bertz CT molecular complexity index is 332. The molecule has 4 nitrogen and oxygen atoms in total. The molecule has 2 aliphatic rings. The maximum absolute atomic E-state index is 12.3. The molecule has 110 valence electrons. The molecule has 1 saturated carbocycles. The normalized spacial score (nSPS) is 26.7. The minimum absolute atomic E-state index is 0.00469. The van der Waals surface area contributed by atoms with Crippen molar-refractivity contribution in [3.8, 4) is 0 Å².